The number of piperazine rings is 1. The van der Waals surface area contributed by atoms with Crippen molar-refractivity contribution >= 4 is 29.3 Å². The maximum Gasteiger partial charge on any atom is 0.219 e. The number of anilines is 2. The molecule has 0 saturated carbocycles. The van der Waals surface area contributed by atoms with Crippen LogP contribution < -0.4 is 10.6 Å². The zero-order chi connectivity index (χ0) is 15.2. The first-order chi connectivity index (χ1) is 10.1. The number of hydrogen-bond donors (Lipinski definition) is 1. The smallest absolute Gasteiger partial charge is 0.219 e. The number of hydrogen-bond acceptors (Lipinski definition) is 6. The summed E-state index contributed by atoms with van der Waals surface area (Å²) in [5.41, 5.74) is 5.89. The Labute approximate surface area is 130 Å². The molecule has 1 aliphatic rings. The van der Waals surface area contributed by atoms with Crippen LogP contribution in [0.5, 0.6) is 0 Å². The van der Waals surface area contributed by atoms with Crippen molar-refractivity contribution < 1.29 is 4.79 Å². The van der Waals surface area contributed by atoms with E-state index < -0.39 is 0 Å². The Morgan fingerprint density at radius 2 is 2.05 bits per heavy atom. The van der Waals surface area contributed by atoms with E-state index in [9.17, 15) is 4.79 Å². The van der Waals surface area contributed by atoms with Gasteiger partial charge in [-0.3, -0.25) is 4.79 Å². The van der Waals surface area contributed by atoms with Gasteiger partial charge < -0.3 is 15.5 Å². The standard InChI is InChI=1S/C14H23N5OS/c1-3-4-9-21-14-16-12(15)10-13(17-14)19-7-5-18(6-8-19)11(2)20/h10H,3-9H2,1-2H3,(H2,15,16,17). The highest BCUT2D eigenvalue weighted by Crippen LogP contribution is 2.22. The molecule has 21 heavy (non-hydrogen) atoms. The molecule has 1 saturated heterocycles. The van der Waals surface area contributed by atoms with Crippen LogP contribution in [0.3, 0.4) is 0 Å². The van der Waals surface area contributed by atoms with Gasteiger partial charge in [0.15, 0.2) is 5.16 Å². The third kappa shape index (κ3) is 4.49. The average molecular weight is 309 g/mol. The molecule has 1 aromatic heterocycles. The number of unbranched alkanes of at least 4 members (excludes halogenated alkanes) is 1. The summed E-state index contributed by atoms with van der Waals surface area (Å²) < 4.78 is 0. The summed E-state index contributed by atoms with van der Waals surface area (Å²) in [6, 6.07) is 1.81. The second kappa shape index (κ2) is 7.49. The quantitative estimate of drug-likeness (QED) is 0.506. The van der Waals surface area contributed by atoms with E-state index in [-0.39, 0.29) is 5.91 Å². The van der Waals surface area contributed by atoms with Gasteiger partial charge in [-0.2, -0.15) is 0 Å². The number of amides is 1. The van der Waals surface area contributed by atoms with Crippen LogP contribution in [-0.4, -0.2) is 52.7 Å². The van der Waals surface area contributed by atoms with Crippen molar-refractivity contribution in [1.82, 2.24) is 14.9 Å². The number of thioether (sulfide) groups is 1. The molecule has 1 amide bonds. The summed E-state index contributed by atoms with van der Waals surface area (Å²) in [6.07, 6.45) is 2.31. The minimum atomic E-state index is 0.132. The van der Waals surface area contributed by atoms with Crippen LogP contribution in [0.15, 0.2) is 11.2 Å². The summed E-state index contributed by atoms with van der Waals surface area (Å²) in [5.74, 6) is 2.52. The molecule has 0 aliphatic carbocycles. The number of nitrogen functional groups attached to an aromatic ring is 1. The van der Waals surface area contributed by atoms with Crippen molar-refractivity contribution in [2.24, 2.45) is 0 Å². The maximum absolute atomic E-state index is 11.4. The molecular formula is C14H23N5OS. The number of aromatic nitrogens is 2. The second-order valence-electron chi connectivity index (χ2n) is 5.13. The van der Waals surface area contributed by atoms with Crippen molar-refractivity contribution in [3.05, 3.63) is 6.07 Å². The van der Waals surface area contributed by atoms with Crippen LogP contribution in [0.25, 0.3) is 0 Å². The third-order valence-electron chi connectivity index (χ3n) is 3.49. The van der Waals surface area contributed by atoms with E-state index in [1.54, 1.807) is 18.7 Å². The van der Waals surface area contributed by atoms with E-state index in [2.05, 4.69) is 21.8 Å². The highest BCUT2D eigenvalue weighted by atomic mass is 32.2. The van der Waals surface area contributed by atoms with Crippen LogP contribution >= 0.6 is 11.8 Å². The zero-order valence-electron chi connectivity index (χ0n) is 12.7. The van der Waals surface area contributed by atoms with Crippen LogP contribution in [0, 0.1) is 0 Å². The first-order valence-corrected chi connectivity index (χ1v) is 8.36. The predicted molar refractivity (Wildman–Crippen MR) is 86.5 cm³/mol. The Bertz CT molecular complexity index is 488. The summed E-state index contributed by atoms with van der Waals surface area (Å²) in [6.45, 7) is 6.82. The average Bonchev–Trinajstić information content (AvgIpc) is 2.47. The first kappa shape index (κ1) is 15.9. The summed E-state index contributed by atoms with van der Waals surface area (Å²) >= 11 is 1.65. The normalized spacial score (nSPS) is 15.3. The molecule has 0 spiro atoms. The molecule has 0 unspecified atom stereocenters. The van der Waals surface area contributed by atoms with E-state index in [4.69, 9.17) is 5.73 Å². The molecule has 0 aromatic carbocycles. The van der Waals surface area contributed by atoms with Crippen LogP contribution in [0.2, 0.25) is 0 Å². The summed E-state index contributed by atoms with van der Waals surface area (Å²) in [5, 5.41) is 0.743. The third-order valence-corrected chi connectivity index (χ3v) is 4.42. The van der Waals surface area contributed by atoms with Gasteiger partial charge in [0.05, 0.1) is 0 Å². The highest BCUT2D eigenvalue weighted by Gasteiger charge is 2.20. The Kier molecular flexibility index (Phi) is 5.67. The monoisotopic (exact) mass is 309 g/mol. The molecule has 6 nitrogen and oxygen atoms in total. The lowest BCUT2D eigenvalue weighted by Gasteiger charge is -2.35. The second-order valence-corrected chi connectivity index (χ2v) is 6.19. The predicted octanol–water partition coefficient (Wildman–Crippen LogP) is 1.62. The van der Waals surface area contributed by atoms with Gasteiger partial charge in [0, 0.05) is 44.9 Å². The van der Waals surface area contributed by atoms with Gasteiger partial charge in [0.2, 0.25) is 5.91 Å². The van der Waals surface area contributed by atoms with Gasteiger partial charge in [-0.25, -0.2) is 9.97 Å². The minimum absolute atomic E-state index is 0.132. The fraction of sp³-hybridized carbons (Fsp3) is 0.643. The van der Waals surface area contributed by atoms with E-state index in [0.29, 0.717) is 5.82 Å². The molecular weight excluding hydrogens is 286 g/mol. The van der Waals surface area contributed by atoms with Gasteiger partial charge in [-0.15, -0.1) is 0 Å². The molecule has 2 rings (SSSR count). The number of nitrogens with zero attached hydrogens (tertiary/aromatic N) is 4. The van der Waals surface area contributed by atoms with Gasteiger partial charge in [0.25, 0.3) is 0 Å². The van der Waals surface area contributed by atoms with Crippen molar-refractivity contribution in [3.8, 4) is 0 Å². The number of rotatable bonds is 5. The molecule has 0 radical (unpaired) electrons. The molecule has 1 aliphatic heterocycles. The van der Waals surface area contributed by atoms with Gasteiger partial charge >= 0.3 is 0 Å². The van der Waals surface area contributed by atoms with Crippen LogP contribution in [0.4, 0.5) is 11.6 Å². The lowest BCUT2D eigenvalue weighted by atomic mass is 10.3. The van der Waals surface area contributed by atoms with E-state index in [1.807, 2.05) is 11.0 Å². The van der Waals surface area contributed by atoms with Gasteiger partial charge in [0.1, 0.15) is 11.6 Å². The maximum atomic E-state index is 11.4. The van der Waals surface area contributed by atoms with E-state index in [0.717, 1.165) is 55.7 Å². The lowest BCUT2D eigenvalue weighted by Crippen LogP contribution is -2.48. The summed E-state index contributed by atoms with van der Waals surface area (Å²) in [4.78, 5) is 24.3. The lowest BCUT2D eigenvalue weighted by molar-refractivity contribution is -0.129. The SMILES string of the molecule is CCCCSc1nc(N)cc(N2CCN(C(C)=O)CC2)n1. The molecule has 0 atom stereocenters. The van der Waals surface area contributed by atoms with Crippen molar-refractivity contribution in [3.63, 3.8) is 0 Å². The van der Waals surface area contributed by atoms with Crippen molar-refractivity contribution in [1.29, 1.82) is 0 Å². The first-order valence-electron chi connectivity index (χ1n) is 7.38. The molecule has 0 bridgehead atoms. The van der Waals surface area contributed by atoms with Gasteiger partial charge in [-0.05, 0) is 6.42 Å². The molecule has 1 fully saturated rings. The Balaban J connectivity index is 2.01. The number of carbonyl (C=O) groups excluding carboxylic acids is 1. The van der Waals surface area contributed by atoms with Crippen molar-refractivity contribution in [2.45, 2.75) is 31.8 Å². The fourth-order valence-electron chi connectivity index (χ4n) is 2.22. The summed E-state index contributed by atoms with van der Waals surface area (Å²) in [7, 11) is 0. The molecule has 1 aromatic rings. The number of carbonyl (C=O) groups is 1. The molecule has 116 valence electrons. The molecule has 2 N–H and O–H groups in total. The molecule has 2 heterocycles. The van der Waals surface area contributed by atoms with Gasteiger partial charge in [-0.1, -0.05) is 25.1 Å². The molecule has 7 heteroatoms. The Hall–Kier alpha value is -1.50. The highest BCUT2D eigenvalue weighted by molar-refractivity contribution is 7.99. The van der Waals surface area contributed by atoms with E-state index >= 15 is 0 Å². The zero-order valence-corrected chi connectivity index (χ0v) is 13.5. The largest absolute Gasteiger partial charge is 0.383 e. The topological polar surface area (TPSA) is 75.3 Å². The van der Waals surface area contributed by atoms with E-state index in [1.165, 1.54) is 0 Å². The number of nitrogens with two attached hydrogens (primary N) is 1. The minimum Gasteiger partial charge on any atom is -0.383 e. The Morgan fingerprint density at radius 1 is 1.33 bits per heavy atom. The van der Waals surface area contributed by atoms with Crippen molar-refractivity contribution in [2.75, 3.05) is 42.6 Å². The van der Waals surface area contributed by atoms with Crippen LogP contribution in [0.1, 0.15) is 26.7 Å². The van der Waals surface area contributed by atoms with Crippen LogP contribution in [-0.2, 0) is 4.79 Å². The Morgan fingerprint density at radius 3 is 2.67 bits per heavy atom. The fourth-order valence-corrected chi connectivity index (χ4v) is 3.16.